The average Bonchev–Trinajstić information content (AvgIpc) is 3.42. The van der Waals surface area contributed by atoms with Crippen LogP contribution in [0.1, 0.15) is 22.3 Å². The topological polar surface area (TPSA) is 129 Å². The van der Waals surface area contributed by atoms with Crippen molar-refractivity contribution < 1.29 is 34.6 Å². The van der Waals surface area contributed by atoms with Crippen molar-refractivity contribution in [3.63, 3.8) is 0 Å². The van der Waals surface area contributed by atoms with Crippen molar-refractivity contribution in [2.45, 2.75) is 20.3 Å². The van der Waals surface area contributed by atoms with Crippen LogP contribution >= 0.6 is 19.4 Å². The van der Waals surface area contributed by atoms with Gasteiger partial charge in [0.05, 0.1) is 56.9 Å². The summed E-state index contributed by atoms with van der Waals surface area (Å²) in [5.41, 5.74) is 13.6. The van der Waals surface area contributed by atoms with Gasteiger partial charge in [-0.3, -0.25) is 44.9 Å². The predicted octanol–water partition coefficient (Wildman–Crippen LogP) is 12.6. The van der Waals surface area contributed by atoms with Crippen molar-refractivity contribution in [3.8, 4) is 56.9 Å². The molecule has 0 N–H and O–H groups in total. The predicted molar refractivity (Wildman–Crippen MR) is 261 cm³/mol. The van der Waals surface area contributed by atoms with Gasteiger partial charge in [-0.2, -0.15) is 0 Å². The molecule has 10 aromatic rings. The molecule has 0 saturated carbocycles. The van der Waals surface area contributed by atoms with Crippen LogP contribution in [-0.2, 0) is 41.0 Å². The summed E-state index contributed by atoms with van der Waals surface area (Å²) in [6.07, 6.45) is 18.7. The Morgan fingerprint density at radius 1 is 0.299 bits per heavy atom. The van der Waals surface area contributed by atoms with Crippen LogP contribution < -0.4 is 0 Å². The summed E-state index contributed by atoms with van der Waals surface area (Å²) < 4.78 is 0. The fraction of sp³-hybridized carbons (Fsp3) is 0.0566. The summed E-state index contributed by atoms with van der Waals surface area (Å²) >= 11 is 3.64. The van der Waals surface area contributed by atoms with E-state index in [0.717, 1.165) is 63.4 Å². The Labute approximate surface area is 420 Å². The SMILES string of the molecule is Cc1ccnc(-c2cc(Cc3ccnc(-c4cc(C)ccn4)c3)ccn2)c1.[Cl][Ru].[Cl][Ru].c1ccc(-c2cccc(-c3ccccn3)n2)nc1.c1ccc(-c2ccccn2)nc1.c1ccncc1. The van der Waals surface area contributed by atoms with Gasteiger partial charge in [-0.15, -0.1) is 0 Å². The van der Waals surface area contributed by atoms with Gasteiger partial charge in [0.25, 0.3) is 0 Å². The van der Waals surface area contributed by atoms with Gasteiger partial charge < -0.3 is 0 Å². The molecule has 0 aliphatic carbocycles. The van der Waals surface area contributed by atoms with E-state index in [1.165, 1.54) is 22.3 Å². The quantitative estimate of drug-likeness (QED) is 0.142. The molecule has 0 fully saturated rings. The van der Waals surface area contributed by atoms with Crippen LogP contribution in [0.25, 0.3) is 56.9 Å². The van der Waals surface area contributed by atoms with Gasteiger partial charge in [0.2, 0.25) is 0 Å². The molecule has 10 aromatic heterocycles. The van der Waals surface area contributed by atoms with Crippen LogP contribution in [0.5, 0.6) is 0 Å². The first-order valence-corrected chi connectivity index (χ1v) is 25.0. The molecule has 0 aliphatic heterocycles. The van der Waals surface area contributed by atoms with E-state index in [1.54, 1.807) is 37.2 Å². The first-order chi connectivity index (χ1) is 33.1. The molecule has 0 amide bonds. The molecule has 0 aromatic carbocycles. The third kappa shape index (κ3) is 17.6. The third-order valence-corrected chi connectivity index (χ3v) is 9.18. The zero-order valence-corrected chi connectivity index (χ0v) is 41.4. The van der Waals surface area contributed by atoms with Crippen LogP contribution in [0.4, 0.5) is 0 Å². The minimum absolute atomic E-state index is 0.808. The minimum atomic E-state index is 0.808. The molecule has 10 rings (SSSR count). The first-order valence-electron chi connectivity index (χ1n) is 20.6. The maximum absolute atomic E-state index is 4.59. The van der Waals surface area contributed by atoms with Gasteiger partial charge in [0, 0.05) is 62.0 Å². The Bertz CT molecular complexity index is 2700. The van der Waals surface area contributed by atoms with Crippen molar-refractivity contribution >= 4 is 19.4 Å². The fourth-order valence-electron chi connectivity index (χ4n) is 6.13. The molecule has 10 heterocycles. The molecule has 0 bridgehead atoms. The fourth-order valence-corrected chi connectivity index (χ4v) is 6.13. The summed E-state index contributed by atoms with van der Waals surface area (Å²) in [5.74, 6) is 0. The van der Waals surface area contributed by atoms with Crippen molar-refractivity contribution in [1.29, 1.82) is 0 Å². The smallest absolute Gasteiger partial charge is 0.0894 e. The summed E-state index contributed by atoms with van der Waals surface area (Å²) in [6.45, 7) is 4.12. The molecule has 0 saturated heterocycles. The largest absolute Gasteiger partial charge is 0.265 e. The van der Waals surface area contributed by atoms with E-state index in [9.17, 15) is 0 Å². The molecular formula is C53H44Cl2N10Ru2. The number of halogens is 2. The van der Waals surface area contributed by atoms with Crippen molar-refractivity contribution in [3.05, 3.63) is 242 Å². The van der Waals surface area contributed by atoms with Crippen LogP contribution in [0.3, 0.4) is 0 Å². The van der Waals surface area contributed by atoms with Gasteiger partial charge in [0.1, 0.15) is 0 Å². The molecule has 0 aliphatic rings. The van der Waals surface area contributed by atoms with Gasteiger partial charge in [-0.25, -0.2) is 4.98 Å². The maximum atomic E-state index is 4.59. The van der Waals surface area contributed by atoms with E-state index in [2.05, 4.69) is 107 Å². The second-order valence-corrected chi connectivity index (χ2v) is 14.0. The van der Waals surface area contributed by atoms with Crippen LogP contribution in [0.2, 0.25) is 0 Å². The molecule has 0 spiro atoms. The van der Waals surface area contributed by atoms with Crippen molar-refractivity contribution in [2.24, 2.45) is 0 Å². The minimum Gasteiger partial charge on any atom is -0.265 e. The zero-order chi connectivity index (χ0) is 47.3. The van der Waals surface area contributed by atoms with E-state index >= 15 is 0 Å². The average molecular weight is 1090 g/mol. The van der Waals surface area contributed by atoms with E-state index in [4.69, 9.17) is 0 Å². The van der Waals surface area contributed by atoms with E-state index in [-0.39, 0.29) is 0 Å². The van der Waals surface area contributed by atoms with Gasteiger partial charge in [-0.1, -0.05) is 36.4 Å². The van der Waals surface area contributed by atoms with Crippen molar-refractivity contribution in [2.75, 3.05) is 0 Å². The Hall–Kier alpha value is -6.67. The molecule has 0 unspecified atom stereocenters. The Kier molecular flexibility index (Phi) is 22.8. The molecular weight excluding hydrogens is 1050 g/mol. The number of aryl methyl sites for hydroxylation is 2. The Balaban J connectivity index is 0.000000180. The normalized spacial score (nSPS) is 9.70. The first kappa shape index (κ1) is 51.3. The van der Waals surface area contributed by atoms with Gasteiger partial charge in [0.15, 0.2) is 0 Å². The number of rotatable bonds is 7. The summed E-state index contributed by atoms with van der Waals surface area (Å²) in [5, 5.41) is 0. The second kappa shape index (κ2) is 29.8. The third-order valence-electron chi connectivity index (χ3n) is 9.18. The molecule has 0 atom stereocenters. The van der Waals surface area contributed by atoms with Crippen LogP contribution in [0, 0.1) is 13.8 Å². The summed E-state index contributed by atoms with van der Waals surface area (Å²) in [4.78, 5) is 43.2. The number of hydrogen-bond acceptors (Lipinski definition) is 10. The standard InChI is InChI=1S/C23H20N4.C15H11N3.C10H8N2.C5H5N.2ClH.2Ru/c1-16-3-7-24-20(11-16)22-14-18(5-9-26-22)13-19-6-10-27-23(15-19)21-12-17(2)4-8-25-21;1-3-10-16-12(6-1)14-8-5-9-15(18-14)13-7-2-4-11-17-13;1-3-7-11-9(5-1)10-6-2-4-8-12-10;1-2-4-6-5-3-1;;;;/h3-12,14-15H,13H2,1-2H3;1-11H;1-8H;1-5H;2*1H;;/q;;;;;;2*+1/p-2. The molecule has 0 radical (unpaired) electrons. The molecule has 336 valence electrons. The monoisotopic (exact) mass is 1090 g/mol. The Morgan fingerprint density at radius 2 is 0.612 bits per heavy atom. The number of pyridine rings is 10. The van der Waals surface area contributed by atoms with Gasteiger partial charge in [-0.05, 0) is 164 Å². The van der Waals surface area contributed by atoms with E-state index in [0.29, 0.717) is 0 Å². The molecule has 10 nitrogen and oxygen atoms in total. The van der Waals surface area contributed by atoms with E-state index < -0.39 is 0 Å². The van der Waals surface area contributed by atoms with Crippen LogP contribution in [0.15, 0.2) is 220 Å². The van der Waals surface area contributed by atoms with E-state index in [1.807, 2.05) is 193 Å². The number of aromatic nitrogens is 10. The number of nitrogens with zero attached hydrogens (tertiary/aromatic N) is 10. The number of hydrogen-bond donors (Lipinski definition) is 0. The van der Waals surface area contributed by atoms with Crippen LogP contribution in [-0.4, -0.2) is 49.8 Å². The summed E-state index contributed by atoms with van der Waals surface area (Å²) in [6, 6.07) is 51.2. The Morgan fingerprint density at radius 3 is 0.925 bits per heavy atom. The summed E-state index contributed by atoms with van der Waals surface area (Å²) in [7, 11) is 9.14. The maximum Gasteiger partial charge on any atom is 0.0894 e. The van der Waals surface area contributed by atoms with Crippen molar-refractivity contribution in [1.82, 2.24) is 49.8 Å². The molecule has 67 heavy (non-hydrogen) atoms. The second-order valence-electron chi connectivity index (χ2n) is 14.0. The molecule has 14 heteroatoms. The zero-order valence-electron chi connectivity index (χ0n) is 36.4. The van der Waals surface area contributed by atoms with Gasteiger partial charge >= 0.3 is 54.0 Å².